The minimum Gasteiger partial charge on any atom is -0.415 e. The Morgan fingerprint density at radius 1 is 1.25 bits per heavy atom. The van der Waals surface area contributed by atoms with Crippen molar-refractivity contribution in [3.05, 3.63) is 7.11 Å². The summed E-state index contributed by atoms with van der Waals surface area (Å²) in [6, 6.07) is 0. The normalized spacial score (nSPS) is 10.5. The van der Waals surface area contributed by atoms with Gasteiger partial charge >= 0.3 is 29.6 Å². The molecule has 0 aliphatic carbocycles. The molecule has 0 atom stereocenters. The summed E-state index contributed by atoms with van der Waals surface area (Å²) in [5.41, 5.74) is -0.234. The predicted molar refractivity (Wildman–Crippen MR) is 27.3 cm³/mol. The molecule has 8 heavy (non-hydrogen) atoms. The second-order valence-electron chi connectivity index (χ2n) is 2.31. The van der Waals surface area contributed by atoms with E-state index < -0.39 is 0 Å². The van der Waals surface area contributed by atoms with Crippen molar-refractivity contribution in [2.24, 2.45) is 0 Å². The summed E-state index contributed by atoms with van der Waals surface area (Å²) >= 11 is 0. The van der Waals surface area contributed by atoms with Crippen LogP contribution in [0.2, 0.25) is 0 Å². The Labute approximate surface area is 72.8 Å². The molecule has 44 valence electrons. The fraction of sp³-hybridized carbons (Fsp3) is 0.800. The molecule has 0 aliphatic rings. The summed E-state index contributed by atoms with van der Waals surface area (Å²) in [6.45, 7) is 5.66. The van der Waals surface area contributed by atoms with Crippen LogP contribution in [0.15, 0.2) is 0 Å². The van der Waals surface area contributed by atoms with Crippen LogP contribution in [0.4, 0.5) is 0 Å². The van der Waals surface area contributed by atoms with Gasteiger partial charge in [-0.3, -0.25) is 4.89 Å². The third-order valence-electron chi connectivity index (χ3n) is 0.309. The van der Waals surface area contributed by atoms with Gasteiger partial charge in [0.2, 0.25) is 0 Å². The second-order valence-corrected chi connectivity index (χ2v) is 2.31. The van der Waals surface area contributed by atoms with Gasteiger partial charge in [0.05, 0.1) is 5.60 Å². The zero-order chi connectivity index (χ0) is 5.91. The maximum absolute atomic E-state index is 4.62. The minimum absolute atomic E-state index is 0. The molecule has 0 unspecified atom stereocenters. The summed E-state index contributed by atoms with van der Waals surface area (Å²) in [5.74, 6) is 0. The van der Waals surface area contributed by atoms with Crippen LogP contribution in [0.3, 0.4) is 0 Å². The van der Waals surface area contributed by atoms with E-state index in [4.69, 9.17) is 0 Å². The monoisotopic (exact) mass is 126 g/mol. The molecule has 0 rings (SSSR count). The van der Waals surface area contributed by atoms with E-state index in [2.05, 4.69) is 16.9 Å². The molecule has 0 aliphatic heterocycles. The molecule has 0 saturated heterocycles. The van der Waals surface area contributed by atoms with Crippen molar-refractivity contribution in [3.63, 3.8) is 0 Å². The zero-order valence-corrected chi connectivity index (χ0v) is 8.02. The molecule has 0 amide bonds. The van der Waals surface area contributed by atoms with E-state index in [1.165, 1.54) is 0 Å². The van der Waals surface area contributed by atoms with Crippen LogP contribution in [-0.2, 0) is 9.78 Å². The molecule has 3 heteroatoms. The topological polar surface area (TPSA) is 18.5 Å². The Hall–Kier alpha value is 0.920. The van der Waals surface area contributed by atoms with E-state index in [-0.39, 0.29) is 35.2 Å². The van der Waals surface area contributed by atoms with E-state index in [0.717, 1.165) is 0 Å². The van der Waals surface area contributed by atoms with Crippen molar-refractivity contribution < 1.29 is 39.3 Å². The molecule has 0 aromatic rings. The van der Waals surface area contributed by atoms with Gasteiger partial charge in [-0.05, 0) is 20.8 Å². The van der Waals surface area contributed by atoms with E-state index >= 15 is 0 Å². The van der Waals surface area contributed by atoms with Crippen molar-refractivity contribution in [2.75, 3.05) is 0 Å². The fourth-order valence-corrected chi connectivity index (χ4v) is 0.177. The van der Waals surface area contributed by atoms with E-state index in [0.29, 0.717) is 0 Å². The van der Waals surface area contributed by atoms with Crippen molar-refractivity contribution in [1.82, 2.24) is 0 Å². The fourth-order valence-electron chi connectivity index (χ4n) is 0.177. The molecule has 0 spiro atoms. The number of hydrogen-bond acceptors (Lipinski definition) is 2. The van der Waals surface area contributed by atoms with Crippen LogP contribution < -0.4 is 29.6 Å². The SMILES string of the molecule is [CH2-]OOC(C)(C)C.[Na+]. The van der Waals surface area contributed by atoms with Gasteiger partial charge in [-0.25, -0.2) is 0 Å². The molecule has 0 aromatic carbocycles. The Kier molecular flexibility index (Phi) is 6.96. The van der Waals surface area contributed by atoms with Gasteiger partial charge in [0.1, 0.15) is 0 Å². The minimum atomic E-state index is -0.234. The molecule has 0 saturated carbocycles. The van der Waals surface area contributed by atoms with Gasteiger partial charge in [-0.1, -0.05) is 0 Å². The first kappa shape index (κ1) is 11.7. The molecule has 0 N–H and O–H groups in total. The Bertz CT molecular complexity index is 48.9. The van der Waals surface area contributed by atoms with Gasteiger partial charge in [-0.2, -0.15) is 7.11 Å². The zero-order valence-electron chi connectivity index (χ0n) is 6.02. The van der Waals surface area contributed by atoms with Gasteiger partial charge in [0.25, 0.3) is 0 Å². The largest absolute Gasteiger partial charge is 1.00 e. The van der Waals surface area contributed by atoms with Crippen molar-refractivity contribution in [1.29, 1.82) is 0 Å². The van der Waals surface area contributed by atoms with E-state index in [1.807, 2.05) is 20.8 Å². The molecule has 0 fully saturated rings. The second kappa shape index (κ2) is 4.77. The van der Waals surface area contributed by atoms with Crippen LogP contribution in [0.1, 0.15) is 20.8 Å². The standard InChI is InChI=1S/C5H11O2.Na/c1-5(2,3)7-6-4;/h4H2,1-3H3;/q-1;+1. The van der Waals surface area contributed by atoms with E-state index in [9.17, 15) is 0 Å². The molecule has 0 aromatic heterocycles. The summed E-state index contributed by atoms with van der Waals surface area (Å²) < 4.78 is 0. The van der Waals surface area contributed by atoms with Crippen molar-refractivity contribution in [2.45, 2.75) is 26.4 Å². The van der Waals surface area contributed by atoms with Crippen LogP contribution >= 0.6 is 0 Å². The van der Waals surface area contributed by atoms with Crippen LogP contribution in [0.25, 0.3) is 0 Å². The maximum Gasteiger partial charge on any atom is 1.00 e. The first-order chi connectivity index (χ1) is 3.06. The molecule has 0 bridgehead atoms. The third-order valence-corrected chi connectivity index (χ3v) is 0.309. The first-order valence-electron chi connectivity index (χ1n) is 2.16. The Morgan fingerprint density at radius 3 is 1.62 bits per heavy atom. The molecule has 0 radical (unpaired) electrons. The predicted octanol–water partition coefficient (Wildman–Crippen LogP) is -1.47. The summed E-state index contributed by atoms with van der Waals surface area (Å²) in [5, 5.41) is 0. The maximum atomic E-state index is 4.62. The van der Waals surface area contributed by atoms with Crippen molar-refractivity contribution >= 4 is 0 Å². The molecule has 0 heterocycles. The van der Waals surface area contributed by atoms with Gasteiger partial charge in [0, 0.05) is 0 Å². The Morgan fingerprint density at radius 2 is 1.62 bits per heavy atom. The number of rotatable bonds is 1. The van der Waals surface area contributed by atoms with Gasteiger partial charge < -0.3 is 4.89 Å². The van der Waals surface area contributed by atoms with Gasteiger partial charge in [-0.15, -0.1) is 0 Å². The van der Waals surface area contributed by atoms with E-state index in [1.54, 1.807) is 0 Å². The smallest absolute Gasteiger partial charge is 0.415 e. The summed E-state index contributed by atoms with van der Waals surface area (Å²) in [4.78, 5) is 8.77. The summed E-state index contributed by atoms with van der Waals surface area (Å²) in [6.07, 6.45) is 0. The molecular formula is C5H11NaO2. The summed E-state index contributed by atoms with van der Waals surface area (Å²) in [7, 11) is 3.05. The van der Waals surface area contributed by atoms with Crippen LogP contribution in [-0.4, -0.2) is 5.60 Å². The quantitative estimate of drug-likeness (QED) is 0.185. The van der Waals surface area contributed by atoms with Crippen molar-refractivity contribution in [3.8, 4) is 0 Å². The molecular weight excluding hydrogens is 115 g/mol. The average molecular weight is 126 g/mol. The Balaban J connectivity index is 0. The average Bonchev–Trinajstić information content (AvgIpc) is 1.30. The van der Waals surface area contributed by atoms with Crippen LogP contribution in [0, 0.1) is 7.11 Å². The molecule has 2 nitrogen and oxygen atoms in total. The van der Waals surface area contributed by atoms with Gasteiger partial charge in [0.15, 0.2) is 0 Å². The number of hydrogen-bond donors (Lipinski definition) is 0. The third kappa shape index (κ3) is 10.0. The van der Waals surface area contributed by atoms with Crippen LogP contribution in [0.5, 0.6) is 0 Å². The first-order valence-corrected chi connectivity index (χ1v) is 2.16.